The van der Waals surface area contributed by atoms with Crippen molar-refractivity contribution in [2.24, 2.45) is 19.3 Å². The van der Waals surface area contributed by atoms with E-state index in [-0.39, 0.29) is 45.1 Å². The average Bonchev–Trinajstić information content (AvgIpc) is 3.46. The van der Waals surface area contributed by atoms with Gasteiger partial charge < -0.3 is 23.8 Å². The molecule has 1 amide bonds. The number of halogens is 1. The highest BCUT2D eigenvalue weighted by molar-refractivity contribution is 7.80. The normalized spacial score (nSPS) is 12.9. The Bertz CT molecular complexity index is 1650. The second kappa shape index (κ2) is 15.3. The summed E-state index contributed by atoms with van der Waals surface area (Å²) in [6, 6.07) is 3.35. The van der Waals surface area contributed by atoms with E-state index in [4.69, 9.17) is 47.8 Å². The van der Waals surface area contributed by atoms with Crippen LogP contribution in [0.4, 0.5) is 14.0 Å². The molecular formula is C22H27FN8O9S3. The molecule has 0 radical (unpaired) electrons. The molecule has 1 N–H and O–H groups in total. The molecule has 43 heavy (non-hydrogen) atoms. The van der Waals surface area contributed by atoms with Crippen LogP contribution in [0.1, 0.15) is 19.4 Å². The van der Waals surface area contributed by atoms with Gasteiger partial charge in [-0.2, -0.15) is 9.76 Å². The number of carbonyl (C=O) groups excluding carboxylic acids is 2. The molecule has 0 saturated heterocycles. The number of hydrogen-bond donors (Lipinski definition) is 1. The van der Waals surface area contributed by atoms with Crippen LogP contribution in [-0.2, 0) is 43.8 Å². The smallest absolute Gasteiger partial charge is 0.437 e. The predicted molar refractivity (Wildman–Crippen MR) is 150 cm³/mol. The van der Waals surface area contributed by atoms with Gasteiger partial charge >= 0.3 is 24.1 Å². The van der Waals surface area contributed by atoms with Crippen LogP contribution in [0.25, 0.3) is 0 Å². The van der Waals surface area contributed by atoms with Gasteiger partial charge in [-0.05, 0) is 55.6 Å². The van der Waals surface area contributed by atoms with E-state index in [1.165, 1.54) is 28.4 Å². The van der Waals surface area contributed by atoms with Crippen LogP contribution in [0.2, 0.25) is 0 Å². The van der Waals surface area contributed by atoms with Crippen molar-refractivity contribution in [1.29, 1.82) is 0 Å². The third kappa shape index (κ3) is 7.80. The van der Waals surface area contributed by atoms with Crippen molar-refractivity contribution >= 4 is 53.5 Å². The highest BCUT2D eigenvalue weighted by Gasteiger charge is 2.24. The Morgan fingerprint density at radius 3 is 2.21 bits per heavy atom. The molecule has 0 saturated carbocycles. The van der Waals surface area contributed by atoms with Gasteiger partial charge in [0.2, 0.25) is 20.6 Å². The van der Waals surface area contributed by atoms with Crippen molar-refractivity contribution < 1.29 is 46.3 Å². The number of carbonyl (C=O) groups is 2. The Morgan fingerprint density at radius 1 is 1.05 bits per heavy atom. The van der Waals surface area contributed by atoms with Crippen molar-refractivity contribution in [2.75, 3.05) is 33.5 Å². The minimum atomic E-state index is -2.45. The fourth-order valence-electron chi connectivity index (χ4n) is 3.12. The molecule has 234 valence electrons. The highest BCUT2D eigenvalue weighted by Crippen LogP contribution is 2.21. The number of oxime groups is 1. The molecule has 1 aliphatic heterocycles. The van der Waals surface area contributed by atoms with Crippen LogP contribution < -0.4 is 15.0 Å². The number of hydroxylamine groups is 1. The zero-order chi connectivity index (χ0) is 31.7. The Balaban J connectivity index is 0.000000303. The van der Waals surface area contributed by atoms with Crippen LogP contribution in [0.3, 0.4) is 0 Å². The molecule has 3 aromatic rings. The maximum absolute atomic E-state index is 14.3. The van der Waals surface area contributed by atoms with E-state index in [9.17, 15) is 18.2 Å². The van der Waals surface area contributed by atoms with Gasteiger partial charge in [0.1, 0.15) is 17.3 Å². The quantitative estimate of drug-likeness (QED) is 0.275. The first kappa shape index (κ1) is 33.3. The third-order valence-corrected chi connectivity index (χ3v) is 6.97. The molecule has 4 rings (SSSR count). The molecule has 3 heterocycles. The molecular weight excluding hydrogens is 635 g/mol. The van der Waals surface area contributed by atoms with Gasteiger partial charge in [-0.25, -0.2) is 18.2 Å². The molecule has 21 heteroatoms. The van der Waals surface area contributed by atoms with E-state index in [0.717, 1.165) is 15.4 Å². The zero-order valence-corrected chi connectivity index (χ0v) is 25.9. The van der Waals surface area contributed by atoms with E-state index in [1.54, 1.807) is 21.0 Å². The number of amides is 1. The number of benzene rings is 1. The second-order valence-corrected chi connectivity index (χ2v) is 9.60. The van der Waals surface area contributed by atoms with Gasteiger partial charge in [0.05, 0.1) is 25.9 Å². The molecule has 0 fully saturated rings. The number of hydrogen-bond acceptors (Lipinski definition) is 14. The SMILES string of the molecule is CCOc1nn(C(=O)NOS(=O)c2c(F)cccc2C2=NOCCO2)c(=S)n1C.CCOc1nn(C(=O)OC)c(=S)n1C. The molecule has 0 bridgehead atoms. The first-order valence-electron chi connectivity index (χ1n) is 12.2. The largest absolute Gasteiger partial charge is 0.471 e. The number of ether oxygens (including phenoxy) is 4. The second-order valence-electron chi connectivity index (χ2n) is 7.83. The Hall–Kier alpha value is -4.21. The monoisotopic (exact) mass is 662 g/mol. The van der Waals surface area contributed by atoms with Crippen molar-refractivity contribution in [2.45, 2.75) is 18.7 Å². The first-order valence-corrected chi connectivity index (χ1v) is 14.1. The summed E-state index contributed by atoms with van der Waals surface area (Å²) in [7, 11) is 4.49. The van der Waals surface area contributed by atoms with Crippen LogP contribution in [0, 0.1) is 15.4 Å². The van der Waals surface area contributed by atoms with Gasteiger partial charge in [0.25, 0.3) is 5.90 Å². The highest BCUT2D eigenvalue weighted by atomic mass is 32.2. The number of nitrogens with zero attached hydrogens (tertiary/aromatic N) is 7. The summed E-state index contributed by atoms with van der Waals surface area (Å²) in [6.45, 7) is 4.76. The summed E-state index contributed by atoms with van der Waals surface area (Å²) < 4.78 is 56.7. The van der Waals surface area contributed by atoms with Crippen molar-refractivity contribution in [1.82, 2.24) is 34.2 Å². The fraction of sp³-hybridized carbons (Fsp3) is 0.409. The van der Waals surface area contributed by atoms with Gasteiger partial charge in [0, 0.05) is 14.1 Å². The summed E-state index contributed by atoms with van der Waals surface area (Å²) >= 11 is 7.60. The minimum Gasteiger partial charge on any atom is -0.471 e. The lowest BCUT2D eigenvalue weighted by Gasteiger charge is -2.16. The lowest BCUT2D eigenvalue weighted by molar-refractivity contribution is 0.0653. The van der Waals surface area contributed by atoms with Crippen molar-refractivity contribution in [3.63, 3.8) is 0 Å². The molecule has 0 spiro atoms. The van der Waals surface area contributed by atoms with Crippen molar-refractivity contribution in [3.05, 3.63) is 39.1 Å². The maximum Gasteiger partial charge on any atom is 0.437 e. The van der Waals surface area contributed by atoms with Gasteiger partial charge in [0.15, 0.2) is 6.61 Å². The predicted octanol–water partition coefficient (Wildman–Crippen LogP) is 2.37. The summed E-state index contributed by atoms with van der Waals surface area (Å²) in [5.74, 6) is -0.901. The van der Waals surface area contributed by atoms with Crippen LogP contribution >= 0.6 is 24.4 Å². The molecule has 1 aromatic carbocycles. The summed E-state index contributed by atoms with van der Waals surface area (Å²) in [5, 5.41) is 11.4. The maximum atomic E-state index is 14.3. The topological polar surface area (TPSA) is 176 Å². The van der Waals surface area contributed by atoms with Gasteiger partial charge in [-0.3, -0.25) is 9.13 Å². The molecule has 1 aliphatic rings. The van der Waals surface area contributed by atoms with Crippen LogP contribution in [0.15, 0.2) is 28.3 Å². The minimum absolute atomic E-state index is 0.00835. The Kier molecular flexibility index (Phi) is 11.9. The number of aromatic nitrogens is 6. The first-order chi connectivity index (χ1) is 20.5. The summed E-state index contributed by atoms with van der Waals surface area (Å²) in [5.41, 5.74) is 1.99. The fourth-order valence-corrected chi connectivity index (χ4v) is 4.31. The van der Waals surface area contributed by atoms with E-state index >= 15 is 0 Å². The summed E-state index contributed by atoms with van der Waals surface area (Å²) in [4.78, 5) is 28.0. The number of nitrogens with one attached hydrogen (secondary N) is 1. The van der Waals surface area contributed by atoms with Crippen LogP contribution in [-0.4, -0.2) is 84.5 Å². The van der Waals surface area contributed by atoms with E-state index in [0.29, 0.717) is 19.2 Å². The van der Waals surface area contributed by atoms with E-state index in [2.05, 4.69) is 20.1 Å². The van der Waals surface area contributed by atoms with Crippen molar-refractivity contribution in [3.8, 4) is 12.0 Å². The Morgan fingerprint density at radius 2 is 1.65 bits per heavy atom. The zero-order valence-electron chi connectivity index (χ0n) is 23.5. The van der Waals surface area contributed by atoms with Gasteiger partial charge in [-0.15, -0.1) is 19.6 Å². The van der Waals surface area contributed by atoms with E-state index in [1.807, 2.05) is 12.4 Å². The average molecular weight is 663 g/mol. The molecule has 17 nitrogen and oxygen atoms in total. The number of methoxy groups -OCH3 is 1. The molecule has 1 unspecified atom stereocenters. The summed E-state index contributed by atoms with van der Waals surface area (Å²) in [6.07, 6.45) is -0.628. The van der Waals surface area contributed by atoms with Crippen LogP contribution in [0.5, 0.6) is 12.0 Å². The molecule has 0 aliphatic carbocycles. The molecule has 2 aromatic heterocycles. The van der Waals surface area contributed by atoms with Gasteiger partial charge in [-0.1, -0.05) is 6.07 Å². The number of rotatable bonds is 8. The van der Waals surface area contributed by atoms with E-state index < -0.39 is 29.0 Å². The standard InChI is InChI=1S/C15H16FN5O6S2.C7H11N3O3S/c1-3-24-14-17-21(15(28)20(14)2)13(22)19-27-29(23)11-9(5-4-6-10(11)16)12-18-26-8-7-25-12;1-4-13-5-8-10(7(11)12-3)6(14)9(5)2/h4-6H,3,7-8H2,1-2H3,(H,19,22);4H2,1-3H3. The molecule has 1 atom stereocenters. The lowest BCUT2D eigenvalue weighted by atomic mass is 10.2. The Labute approximate surface area is 256 Å². The lowest BCUT2D eigenvalue weighted by Crippen LogP contribution is -2.31. The third-order valence-electron chi connectivity index (χ3n) is 5.10.